The van der Waals surface area contributed by atoms with Gasteiger partial charge in [0.1, 0.15) is 0 Å². The lowest BCUT2D eigenvalue weighted by atomic mass is 10.1. The van der Waals surface area contributed by atoms with E-state index in [2.05, 4.69) is 10.2 Å². The van der Waals surface area contributed by atoms with E-state index in [-0.39, 0.29) is 18.9 Å². The van der Waals surface area contributed by atoms with Gasteiger partial charge in [-0.3, -0.25) is 14.5 Å². The molecule has 0 saturated carbocycles. The normalized spacial score (nSPS) is 19.9. The number of carbonyl (C=O) groups is 2. The lowest BCUT2D eigenvalue weighted by Crippen LogP contribution is -2.36. The second kappa shape index (κ2) is 8.05. The highest BCUT2D eigenvalue weighted by atomic mass is 16.4. The van der Waals surface area contributed by atoms with Crippen LogP contribution in [0, 0.1) is 5.92 Å². The maximum absolute atomic E-state index is 11.6. The van der Waals surface area contributed by atoms with Crippen LogP contribution in [0.1, 0.15) is 25.7 Å². The maximum atomic E-state index is 11.6. The van der Waals surface area contributed by atoms with Crippen LogP contribution < -0.4 is 5.32 Å². The minimum atomic E-state index is -0.837. The zero-order chi connectivity index (χ0) is 13.4. The van der Waals surface area contributed by atoms with Crippen molar-refractivity contribution >= 4 is 11.9 Å². The summed E-state index contributed by atoms with van der Waals surface area (Å²) in [6, 6.07) is 0. The molecular formula is C12H22N2O4. The number of rotatable bonds is 8. The number of likely N-dealkylation sites (tertiary alicyclic amines) is 1. The van der Waals surface area contributed by atoms with E-state index in [4.69, 9.17) is 10.2 Å². The standard InChI is InChI=1S/C12H22N2O4/c15-7-4-10-3-6-14(8-10)9-11(16)13-5-1-2-12(17)18/h10,15H,1-9H2,(H,13,16)(H,17,18). The van der Waals surface area contributed by atoms with E-state index < -0.39 is 5.97 Å². The second-order valence-corrected chi connectivity index (χ2v) is 4.75. The fraction of sp³-hybridized carbons (Fsp3) is 0.833. The number of carboxylic acids is 1. The van der Waals surface area contributed by atoms with E-state index in [0.29, 0.717) is 25.4 Å². The number of amides is 1. The van der Waals surface area contributed by atoms with Crippen molar-refractivity contribution < 1.29 is 19.8 Å². The smallest absolute Gasteiger partial charge is 0.303 e. The number of aliphatic carboxylic acids is 1. The van der Waals surface area contributed by atoms with Gasteiger partial charge in [-0.15, -0.1) is 0 Å². The number of aliphatic hydroxyl groups is 1. The van der Waals surface area contributed by atoms with Crippen molar-refractivity contribution in [3.8, 4) is 0 Å². The molecule has 0 aromatic heterocycles. The molecule has 1 rings (SSSR count). The molecule has 0 bridgehead atoms. The van der Waals surface area contributed by atoms with Gasteiger partial charge in [-0.25, -0.2) is 0 Å². The molecule has 3 N–H and O–H groups in total. The first kappa shape index (κ1) is 14.9. The van der Waals surface area contributed by atoms with E-state index in [1.165, 1.54) is 0 Å². The summed E-state index contributed by atoms with van der Waals surface area (Å²) in [5.41, 5.74) is 0. The molecule has 1 heterocycles. The molecule has 1 saturated heterocycles. The second-order valence-electron chi connectivity index (χ2n) is 4.75. The molecule has 0 aromatic rings. The third-order valence-electron chi connectivity index (χ3n) is 3.16. The summed E-state index contributed by atoms with van der Waals surface area (Å²) in [7, 11) is 0. The van der Waals surface area contributed by atoms with Crippen LogP contribution >= 0.6 is 0 Å². The van der Waals surface area contributed by atoms with Gasteiger partial charge in [0.25, 0.3) is 0 Å². The van der Waals surface area contributed by atoms with Crippen LogP contribution in [0.3, 0.4) is 0 Å². The highest BCUT2D eigenvalue weighted by Gasteiger charge is 2.23. The number of hydrogen-bond acceptors (Lipinski definition) is 4. The Morgan fingerprint density at radius 1 is 1.39 bits per heavy atom. The van der Waals surface area contributed by atoms with Gasteiger partial charge in [-0.2, -0.15) is 0 Å². The first-order valence-electron chi connectivity index (χ1n) is 6.43. The molecule has 1 unspecified atom stereocenters. The summed E-state index contributed by atoms with van der Waals surface area (Å²) in [5.74, 6) is -0.393. The fourth-order valence-electron chi connectivity index (χ4n) is 2.20. The average Bonchev–Trinajstić information content (AvgIpc) is 2.72. The number of nitrogens with zero attached hydrogens (tertiary/aromatic N) is 1. The van der Waals surface area contributed by atoms with E-state index in [0.717, 1.165) is 25.9 Å². The van der Waals surface area contributed by atoms with E-state index in [1.807, 2.05) is 0 Å². The average molecular weight is 258 g/mol. The predicted molar refractivity (Wildman–Crippen MR) is 66.1 cm³/mol. The van der Waals surface area contributed by atoms with Crippen LogP contribution in [0.5, 0.6) is 0 Å². The number of aliphatic hydroxyl groups excluding tert-OH is 1. The minimum Gasteiger partial charge on any atom is -0.481 e. The van der Waals surface area contributed by atoms with E-state index in [9.17, 15) is 9.59 Å². The fourth-order valence-corrected chi connectivity index (χ4v) is 2.20. The molecular weight excluding hydrogens is 236 g/mol. The van der Waals surface area contributed by atoms with Gasteiger partial charge in [-0.1, -0.05) is 0 Å². The Balaban J connectivity index is 2.08. The van der Waals surface area contributed by atoms with Gasteiger partial charge in [0.15, 0.2) is 0 Å². The van der Waals surface area contributed by atoms with Crippen molar-refractivity contribution in [2.75, 3.05) is 32.8 Å². The Hall–Kier alpha value is -1.14. The van der Waals surface area contributed by atoms with Gasteiger partial charge >= 0.3 is 5.97 Å². The highest BCUT2D eigenvalue weighted by Crippen LogP contribution is 2.18. The molecule has 0 aliphatic carbocycles. The maximum Gasteiger partial charge on any atom is 0.303 e. The van der Waals surface area contributed by atoms with Crippen LogP contribution in [-0.4, -0.2) is 59.8 Å². The third kappa shape index (κ3) is 5.97. The Labute approximate surface area is 107 Å². The van der Waals surface area contributed by atoms with Gasteiger partial charge in [0.05, 0.1) is 6.54 Å². The quantitative estimate of drug-likeness (QED) is 0.519. The lowest BCUT2D eigenvalue weighted by molar-refractivity contribution is -0.137. The van der Waals surface area contributed by atoms with Crippen molar-refractivity contribution in [2.45, 2.75) is 25.7 Å². The number of hydrogen-bond donors (Lipinski definition) is 3. The van der Waals surface area contributed by atoms with Gasteiger partial charge in [-0.05, 0) is 31.7 Å². The monoisotopic (exact) mass is 258 g/mol. The highest BCUT2D eigenvalue weighted by molar-refractivity contribution is 5.78. The summed E-state index contributed by atoms with van der Waals surface area (Å²) >= 11 is 0. The Bertz CT molecular complexity index is 283. The van der Waals surface area contributed by atoms with Gasteiger partial charge < -0.3 is 15.5 Å². The molecule has 104 valence electrons. The van der Waals surface area contributed by atoms with Crippen LogP contribution in [0.4, 0.5) is 0 Å². The Morgan fingerprint density at radius 2 is 2.17 bits per heavy atom. The molecule has 6 nitrogen and oxygen atoms in total. The zero-order valence-corrected chi connectivity index (χ0v) is 10.6. The van der Waals surface area contributed by atoms with Gasteiger partial charge in [0.2, 0.25) is 5.91 Å². The molecule has 1 aliphatic heterocycles. The van der Waals surface area contributed by atoms with Crippen molar-refractivity contribution in [1.29, 1.82) is 0 Å². The minimum absolute atomic E-state index is 0.0509. The van der Waals surface area contributed by atoms with Crippen molar-refractivity contribution in [2.24, 2.45) is 5.92 Å². The Morgan fingerprint density at radius 3 is 2.83 bits per heavy atom. The summed E-state index contributed by atoms with van der Waals surface area (Å²) in [4.78, 5) is 23.9. The largest absolute Gasteiger partial charge is 0.481 e. The first-order chi connectivity index (χ1) is 8.61. The van der Waals surface area contributed by atoms with Crippen LogP contribution in [0.2, 0.25) is 0 Å². The first-order valence-corrected chi connectivity index (χ1v) is 6.43. The van der Waals surface area contributed by atoms with E-state index in [1.54, 1.807) is 0 Å². The molecule has 1 atom stereocenters. The summed E-state index contributed by atoms with van der Waals surface area (Å²) in [6.45, 7) is 2.75. The van der Waals surface area contributed by atoms with Crippen LogP contribution in [0.15, 0.2) is 0 Å². The molecule has 18 heavy (non-hydrogen) atoms. The zero-order valence-electron chi connectivity index (χ0n) is 10.6. The SMILES string of the molecule is O=C(O)CCCNC(=O)CN1CCC(CCO)C1. The lowest BCUT2D eigenvalue weighted by Gasteiger charge is -2.15. The third-order valence-corrected chi connectivity index (χ3v) is 3.16. The van der Waals surface area contributed by atoms with Crippen molar-refractivity contribution in [3.63, 3.8) is 0 Å². The number of nitrogens with one attached hydrogen (secondary N) is 1. The molecule has 1 fully saturated rings. The molecule has 6 heteroatoms. The number of carbonyl (C=O) groups excluding carboxylic acids is 1. The van der Waals surface area contributed by atoms with Crippen molar-refractivity contribution in [1.82, 2.24) is 10.2 Å². The van der Waals surface area contributed by atoms with Crippen LogP contribution in [0.25, 0.3) is 0 Å². The predicted octanol–water partition coefficient (Wildman–Crippen LogP) is -0.328. The topological polar surface area (TPSA) is 89.9 Å². The van der Waals surface area contributed by atoms with Crippen LogP contribution in [-0.2, 0) is 9.59 Å². The summed E-state index contributed by atoms with van der Waals surface area (Å²) in [5, 5.41) is 20.0. The number of carboxylic acid groups (broad SMARTS) is 1. The summed E-state index contributed by atoms with van der Waals surface area (Å²) < 4.78 is 0. The Kier molecular flexibility index (Phi) is 6.67. The summed E-state index contributed by atoms with van der Waals surface area (Å²) in [6.07, 6.45) is 2.39. The van der Waals surface area contributed by atoms with Gasteiger partial charge in [0, 0.05) is 26.1 Å². The molecule has 1 amide bonds. The van der Waals surface area contributed by atoms with Crippen molar-refractivity contribution in [3.05, 3.63) is 0 Å². The molecule has 0 aromatic carbocycles. The van der Waals surface area contributed by atoms with E-state index >= 15 is 0 Å². The molecule has 0 spiro atoms. The molecule has 0 radical (unpaired) electrons. The molecule has 1 aliphatic rings.